The van der Waals surface area contributed by atoms with E-state index >= 15 is 0 Å². The monoisotopic (exact) mass is 285 g/mol. The molecule has 0 atom stereocenters. The van der Waals surface area contributed by atoms with E-state index in [2.05, 4.69) is 4.90 Å². The minimum Gasteiger partial charge on any atom is -0.396 e. The van der Waals surface area contributed by atoms with E-state index in [1.807, 2.05) is 6.26 Å². The highest BCUT2D eigenvalue weighted by molar-refractivity contribution is 7.99. The van der Waals surface area contributed by atoms with Crippen LogP contribution in [0.2, 0.25) is 0 Å². The molecule has 18 heavy (non-hydrogen) atoms. The second-order valence-corrected chi connectivity index (χ2v) is 6.26. The van der Waals surface area contributed by atoms with Gasteiger partial charge in [0.1, 0.15) is 9.88 Å². The number of rotatable bonds is 3. The predicted octanol–water partition coefficient (Wildman–Crippen LogP) is 2.53. The molecule has 1 aliphatic rings. The lowest BCUT2D eigenvalue weighted by Crippen LogP contribution is -2.23. The second-order valence-electron chi connectivity index (χ2n) is 4.45. The fourth-order valence-electron chi connectivity index (χ4n) is 2.28. The first-order chi connectivity index (χ1) is 8.65. The Kier molecular flexibility index (Phi) is 4.40. The van der Waals surface area contributed by atoms with Crippen LogP contribution in [0.4, 0.5) is 10.7 Å². The molecule has 6 heteroatoms. The molecule has 1 aromatic rings. The van der Waals surface area contributed by atoms with Crippen LogP contribution in [0, 0.1) is 0 Å². The Bertz CT molecular complexity index is 437. The topological polar surface area (TPSA) is 72.3 Å². The number of hydrogen-bond acceptors (Lipinski definition) is 5. The molecular weight excluding hydrogens is 266 g/mol. The van der Waals surface area contributed by atoms with E-state index in [4.69, 9.17) is 11.5 Å². The van der Waals surface area contributed by atoms with Crippen molar-refractivity contribution in [2.75, 3.05) is 30.0 Å². The fourth-order valence-corrected chi connectivity index (χ4v) is 4.36. The van der Waals surface area contributed by atoms with Gasteiger partial charge in [0.05, 0.1) is 10.6 Å². The lowest BCUT2D eigenvalue weighted by atomic mass is 10.2. The Hall–Kier alpha value is -0.880. The summed E-state index contributed by atoms with van der Waals surface area (Å²) < 4.78 is 0. The molecule has 4 N–H and O–H groups in total. The van der Waals surface area contributed by atoms with E-state index in [1.165, 1.54) is 37.0 Å². The summed E-state index contributed by atoms with van der Waals surface area (Å²) in [5.41, 5.74) is 12.0. The Morgan fingerprint density at radius 3 is 2.39 bits per heavy atom. The van der Waals surface area contributed by atoms with Crippen molar-refractivity contribution in [1.82, 2.24) is 0 Å². The fraction of sp³-hybridized carbons (Fsp3) is 0.583. The van der Waals surface area contributed by atoms with Crippen LogP contribution >= 0.6 is 23.1 Å². The summed E-state index contributed by atoms with van der Waals surface area (Å²) in [7, 11) is 0. The molecule has 1 fully saturated rings. The third kappa shape index (κ3) is 2.59. The Balaban J connectivity index is 2.36. The zero-order valence-electron chi connectivity index (χ0n) is 10.6. The molecule has 0 radical (unpaired) electrons. The average molecular weight is 285 g/mol. The zero-order chi connectivity index (χ0) is 13.1. The van der Waals surface area contributed by atoms with E-state index in [0.717, 1.165) is 23.0 Å². The number of nitrogen functional groups attached to an aromatic ring is 1. The Morgan fingerprint density at radius 2 is 1.89 bits per heavy atom. The van der Waals surface area contributed by atoms with Gasteiger partial charge in [-0.05, 0) is 19.1 Å². The summed E-state index contributed by atoms with van der Waals surface area (Å²) in [5.74, 6) is -0.422. The molecule has 0 bridgehead atoms. The lowest BCUT2D eigenvalue weighted by Gasteiger charge is -2.21. The van der Waals surface area contributed by atoms with Gasteiger partial charge < -0.3 is 16.4 Å². The van der Waals surface area contributed by atoms with Crippen LogP contribution in [0.3, 0.4) is 0 Å². The molecule has 4 nitrogen and oxygen atoms in total. The van der Waals surface area contributed by atoms with Gasteiger partial charge in [0.2, 0.25) is 0 Å². The molecule has 0 spiro atoms. The predicted molar refractivity (Wildman–Crippen MR) is 79.7 cm³/mol. The first kappa shape index (κ1) is 13.5. The van der Waals surface area contributed by atoms with Crippen LogP contribution in [0.15, 0.2) is 4.90 Å². The number of nitrogens with zero attached hydrogens (tertiary/aromatic N) is 1. The summed E-state index contributed by atoms with van der Waals surface area (Å²) in [6.07, 6.45) is 6.98. The molecule has 1 aromatic heterocycles. The van der Waals surface area contributed by atoms with Gasteiger partial charge in [0, 0.05) is 13.1 Å². The molecule has 0 saturated carbocycles. The number of primary amides is 1. The Morgan fingerprint density at radius 1 is 1.28 bits per heavy atom. The number of thiophene rings is 1. The number of carbonyl (C=O) groups is 1. The number of hydrogen-bond donors (Lipinski definition) is 2. The number of carbonyl (C=O) groups excluding carboxylic acids is 1. The minimum atomic E-state index is -0.422. The van der Waals surface area contributed by atoms with Gasteiger partial charge in [0.15, 0.2) is 0 Å². The van der Waals surface area contributed by atoms with Gasteiger partial charge in [-0.2, -0.15) is 0 Å². The van der Waals surface area contributed by atoms with Crippen LogP contribution in [-0.2, 0) is 0 Å². The third-order valence-corrected chi connectivity index (χ3v) is 5.44. The SMILES string of the molecule is CSc1c(N2CCCCCC2)sc(C(N)=O)c1N. The lowest BCUT2D eigenvalue weighted by molar-refractivity contribution is 0.100. The first-order valence-corrected chi connectivity index (χ1v) is 8.20. The molecule has 0 unspecified atom stereocenters. The molecular formula is C12H19N3OS2. The molecule has 0 aromatic carbocycles. The van der Waals surface area contributed by atoms with Gasteiger partial charge in [-0.25, -0.2) is 0 Å². The highest BCUT2D eigenvalue weighted by atomic mass is 32.2. The summed E-state index contributed by atoms with van der Waals surface area (Å²) in [6, 6.07) is 0. The van der Waals surface area contributed by atoms with Gasteiger partial charge in [-0.15, -0.1) is 23.1 Å². The summed E-state index contributed by atoms with van der Waals surface area (Å²) >= 11 is 3.04. The largest absolute Gasteiger partial charge is 0.396 e. The van der Waals surface area contributed by atoms with E-state index in [9.17, 15) is 4.79 Å². The van der Waals surface area contributed by atoms with Crippen molar-refractivity contribution in [2.45, 2.75) is 30.6 Å². The molecule has 1 saturated heterocycles. The van der Waals surface area contributed by atoms with Gasteiger partial charge >= 0.3 is 0 Å². The molecule has 2 heterocycles. The van der Waals surface area contributed by atoms with E-state index < -0.39 is 5.91 Å². The maximum Gasteiger partial charge on any atom is 0.261 e. The molecule has 2 rings (SSSR count). The van der Waals surface area contributed by atoms with Crippen LogP contribution in [0.25, 0.3) is 0 Å². The molecule has 0 aliphatic carbocycles. The summed E-state index contributed by atoms with van der Waals surface area (Å²) in [5, 5.41) is 1.12. The van der Waals surface area contributed by atoms with Crippen LogP contribution in [-0.4, -0.2) is 25.3 Å². The van der Waals surface area contributed by atoms with Crippen LogP contribution < -0.4 is 16.4 Å². The van der Waals surface area contributed by atoms with Gasteiger partial charge in [0.25, 0.3) is 5.91 Å². The first-order valence-electron chi connectivity index (χ1n) is 6.16. The van der Waals surface area contributed by atoms with Gasteiger partial charge in [-0.1, -0.05) is 12.8 Å². The summed E-state index contributed by atoms with van der Waals surface area (Å²) in [4.78, 5) is 15.2. The van der Waals surface area contributed by atoms with Crippen molar-refractivity contribution in [2.24, 2.45) is 5.73 Å². The van der Waals surface area contributed by atoms with E-state index in [1.54, 1.807) is 11.8 Å². The number of anilines is 2. The minimum absolute atomic E-state index is 0.422. The maximum absolute atomic E-state index is 11.4. The maximum atomic E-state index is 11.4. The third-order valence-electron chi connectivity index (χ3n) is 3.20. The van der Waals surface area contributed by atoms with E-state index in [-0.39, 0.29) is 0 Å². The van der Waals surface area contributed by atoms with Crippen LogP contribution in [0.1, 0.15) is 35.4 Å². The van der Waals surface area contributed by atoms with Crippen molar-refractivity contribution in [3.63, 3.8) is 0 Å². The Labute approximate surface area is 116 Å². The molecule has 1 aliphatic heterocycles. The van der Waals surface area contributed by atoms with Crippen LogP contribution in [0.5, 0.6) is 0 Å². The normalized spacial score (nSPS) is 16.6. The van der Waals surface area contributed by atoms with Crippen molar-refractivity contribution in [3.05, 3.63) is 4.88 Å². The molecule has 100 valence electrons. The highest BCUT2D eigenvalue weighted by Gasteiger charge is 2.23. The van der Waals surface area contributed by atoms with E-state index in [0.29, 0.717) is 10.6 Å². The van der Waals surface area contributed by atoms with Crippen molar-refractivity contribution < 1.29 is 4.79 Å². The smallest absolute Gasteiger partial charge is 0.261 e. The second kappa shape index (κ2) is 5.84. The zero-order valence-corrected chi connectivity index (χ0v) is 12.2. The number of thioether (sulfide) groups is 1. The quantitative estimate of drug-likeness (QED) is 0.837. The number of amides is 1. The highest BCUT2D eigenvalue weighted by Crippen LogP contribution is 2.44. The summed E-state index contributed by atoms with van der Waals surface area (Å²) in [6.45, 7) is 2.09. The standard InChI is InChI=1S/C12H19N3OS2/c1-17-10-8(13)9(11(14)16)18-12(10)15-6-4-2-3-5-7-15/h2-7,13H2,1H3,(H2,14,16). The molecule has 1 amide bonds. The van der Waals surface area contributed by atoms with Crippen molar-refractivity contribution in [1.29, 1.82) is 0 Å². The van der Waals surface area contributed by atoms with Crippen molar-refractivity contribution >= 4 is 39.7 Å². The van der Waals surface area contributed by atoms with Gasteiger partial charge in [-0.3, -0.25) is 4.79 Å². The number of nitrogens with two attached hydrogens (primary N) is 2. The van der Waals surface area contributed by atoms with Crippen molar-refractivity contribution in [3.8, 4) is 0 Å². The average Bonchev–Trinajstić information content (AvgIpc) is 2.54.